The van der Waals surface area contributed by atoms with Gasteiger partial charge in [0.05, 0.1) is 0 Å². The van der Waals surface area contributed by atoms with E-state index in [9.17, 15) is 0 Å². The highest BCUT2D eigenvalue weighted by atomic mass is 14.9. The Morgan fingerprint density at radius 2 is 2.27 bits per heavy atom. The van der Waals surface area contributed by atoms with E-state index >= 15 is 0 Å². The van der Waals surface area contributed by atoms with E-state index in [1.54, 1.807) is 6.20 Å². The number of anilines is 1. The van der Waals surface area contributed by atoms with Crippen LogP contribution in [0.2, 0.25) is 0 Å². The topological polar surface area (TPSA) is 50.9 Å². The van der Waals surface area contributed by atoms with Crippen molar-refractivity contribution < 1.29 is 0 Å². The van der Waals surface area contributed by atoms with Crippen LogP contribution in [0.5, 0.6) is 0 Å². The van der Waals surface area contributed by atoms with Gasteiger partial charge >= 0.3 is 0 Å². The minimum Gasteiger partial charge on any atom is -0.383 e. The van der Waals surface area contributed by atoms with Gasteiger partial charge in [-0.3, -0.25) is 0 Å². The molecule has 3 nitrogen and oxygen atoms in total. The van der Waals surface area contributed by atoms with Crippen LogP contribution in [0.25, 0.3) is 0 Å². The van der Waals surface area contributed by atoms with Gasteiger partial charge in [0.25, 0.3) is 0 Å². The monoisotopic (exact) mass is 207 g/mol. The van der Waals surface area contributed by atoms with Gasteiger partial charge in [0.15, 0.2) is 0 Å². The van der Waals surface area contributed by atoms with Gasteiger partial charge in [0, 0.05) is 12.2 Å². The van der Waals surface area contributed by atoms with Crippen LogP contribution in [0.1, 0.15) is 32.3 Å². The van der Waals surface area contributed by atoms with E-state index in [2.05, 4.69) is 30.2 Å². The molecule has 15 heavy (non-hydrogen) atoms. The number of pyridine rings is 1. The summed E-state index contributed by atoms with van der Waals surface area (Å²) < 4.78 is 0. The van der Waals surface area contributed by atoms with Crippen LogP contribution in [0, 0.1) is 0 Å². The van der Waals surface area contributed by atoms with Crippen molar-refractivity contribution in [2.45, 2.75) is 39.2 Å². The quantitative estimate of drug-likeness (QED) is 0.750. The lowest BCUT2D eigenvalue weighted by Gasteiger charge is -2.17. The third-order valence-electron chi connectivity index (χ3n) is 2.57. The van der Waals surface area contributed by atoms with Crippen LogP contribution in [0.4, 0.5) is 5.82 Å². The molecule has 1 aromatic rings. The van der Waals surface area contributed by atoms with Crippen LogP contribution in [-0.2, 0) is 6.42 Å². The maximum Gasteiger partial charge on any atom is 0.126 e. The van der Waals surface area contributed by atoms with Gasteiger partial charge < -0.3 is 11.1 Å². The van der Waals surface area contributed by atoms with Gasteiger partial charge in [-0.05, 0) is 37.4 Å². The Bertz CT molecular complexity index is 286. The normalized spacial score (nSPS) is 12.7. The smallest absolute Gasteiger partial charge is 0.126 e. The van der Waals surface area contributed by atoms with Gasteiger partial charge in [-0.2, -0.15) is 0 Å². The number of nitrogens with zero attached hydrogens (tertiary/aromatic N) is 1. The second kappa shape index (κ2) is 6.40. The molecule has 0 amide bonds. The molecule has 1 atom stereocenters. The van der Waals surface area contributed by atoms with E-state index < -0.39 is 0 Å². The molecule has 0 aliphatic heterocycles. The fourth-order valence-electron chi connectivity index (χ4n) is 1.60. The number of aromatic nitrogens is 1. The Balaban J connectivity index is 2.54. The summed E-state index contributed by atoms with van der Waals surface area (Å²) in [5.74, 6) is 0.661. The van der Waals surface area contributed by atoms with E-state index in [4.69, 9.17) is 5.73 Å². The summed E-state index contributed by atoms with van der Waals surface area (Å²) in [6.07, 6.45) is 4.99. The predicted molar refractivity (Wildman–Crippen MR) is 64.7 cm³/mol. The zero-order valence-corrected chi connectivity index (χ0v) is 9.66. The van der Waals surface area contributed by atoms with Crippen LogP contribution in [0.15, 0.2) is 18.3 Å². The maximum atomic E-state index is 5.81. The molecular weight excluding hydrogens is 186 g/mol. The summed E-state index contributed by atoms with van der Waals surface area (Å²) in [7, 11) is 0. The molecule has 0 spiro atoms. The first kappa shape index (κ1) is 12.0. The van der Waals surface area contributed by atoms with E-state index in [-0.39, 0.29) is 0 Å². The van der Waals surface area contributed by atoms with E-state index in [1.807, 2.05) is 6.07 Å². The summed E-state index contributed by atoms with van der Waals surface area (Å²) in [4.78, 5) is 4.10. The highest BCUT2D eigenvalue weighted by Gasteiger charge is 2.08. The Kier molecular flexibility index (Phi) is 5.12. The standard InChI is InChI=1S/C12H21N3/c1-3-7-14-11(4-2)9-10-6-5-8-15-12(10)13/h5-6,8,11,14H,3-4,7,9H2,1-2H3,(H2,13,15). The molecule has 0 saturated carbocycles. The molecule has 1 unspecified atom stereocenters. The van der Waals surface area contributed by atoms with Crippen molar-refractivity contribution in [3.63, 3.8) is 0 Å². The summed E-state index contributed by atoms with van der Waals surface area (Å²) in [6, 6.07) is 4.51. The summed E-state index contributed by atoms with van der Waals surface area (Å²) in [5, 5.41) is 3.51. The second-order valence-electron chi connectivity index (χ2n) is 3.81. The average molecular weight is 207 g/mol. The first-order valence-electron chi connectivity index (χ1n) is 5.70. The third kappa shape index (κ3) is 3.88. The van der Waals surface area contributed by atoms with Crippen molar-refractivity contribution in [1.82, 2.24) is 10.3 Å². The number of hydrogen-bond acceptors (Lipinski definition) is 3. The minimum absolute atomic E-state index is 0.511. The Labute approximate surface area is 92.1 Å². The minimum atomic E-state index is 0.511. The molecule has 0 fully saturated rings. The molecule has 0 aromatic carbocycles. The Morgan fingerprint density at radius 3 is 2.87 bits per heavy atom. The molecular formula is C12H21N3. The van der Waals surface area contributed by atoms with Crippen LogP contribution >= 0.6 is 0 Å². The first-order valence-corrected chi connectivity index (χ1v) is 5.70. The number of hydrogen-bond donors (Lipinski definition) is 2. The van der Waals surface area contributed by atoms with Gasteiger partial charge in [-0.15, -0.1) is 0 Å². The fourth-order valence-corrected chi connectivity index (χ4v) is 1.60. The molecule has 1 aromatic heterocycles. The van der Waals surface area contributed by atoms with Crippen LogP contribution in [0.3, 0.4) is 0 Å². The summed E-state index contributed by atoms with van der Waals surface area (Å²) in [5.41, 5.74) is 6.96. The van der Waals surface area contributed by atoms with Gasteiger partial charge in [0.1, 0.15) is 5.82 Å². The average Bonchev–Trinajstić information content (AvgIpc) is 2.26. The molecule has 1 rings (SSSR count). The molecule has 0 saturated heterocycles. The lowest BCUT2D eigenvalue weighted by Crippen LogP contribution is -2.31. The maximum absolute atomic E-state index is 5.81. The predicted octanol–water partition coefficient (Wildman–Crippen LogP) is 1.98. The van der Waals surface area contributed by atoms with Crippen molar-refractivity contribution in [2.75, 3.05) is 12.3 Å². The number of nitrogen functional groups attached to an aromatic ring is 1. The van der Waals surface area contributed by atoms with Gasteiger partial charge in [-0.25, -0.2) is 4.98 Å². The summed E-state index contributed by atoms with van der Waals surface area (Å²) in [6.45, 7) is 5.44. The third-order valence-corrected chi connectivity index (χ3v) is 2.57. The highest BCUT2D eigenvalue weighted by molar-refractivity contribution is 5.38. The van der Waals surface area contributed by atoms with Crippen molar-refractivity contribution in [3.05, 3.63) is 23.9 Å². The molecule has 0 radical (unpaired) electrons. The van der Waals surface area contributed by atoms with Crippen molar-refractivity contribution in [2.24, 2.45) is 0 Å². The number of nitrogens with two attached hydrogens (primary N) is 1. The highest BCUT2D eigenvalue weighted by Crippen LogP contribution is 2.11. The molecule has 3 N–H and O–H groups in total. The van der Waals surface area contributed by atoms with Gasteiger partial charge in [-0.1, -0.05) is 19.9 Å². The molecule has 0 aliphatic rings. The molecule has 0 bridgehead atoms. The van der Waals surface area contributed by atoms with E-state index in [1.165, 1.54) is 6.42 Å². The van der Waals surface area contributed by atoms with Gasteiger partial charge in [0.2, 0.25) is 0 Å². The van der Waals surface area contributed by atoms with Crippen LogP contribution < -0.4 is 11.1 Å². The summed E-state index contributed by atoms with van der Waals surface area (Å²) >= 11 is 0. The molecule has 3 heteroatoms. The number of rotatable bonds is 6. The zero-order valence-electron chi connectivity index (χ0n) is 9.66. The Morgan fingerprint density at radius 1 is 1.47 bits per heavy atom. The van der Waals surface area contributed by atoms with Crippen molar-refractivity contribution in [3.8, 4) is 0 Å². The fraction of sp³-hybridized carbons (Fsp3) is 0.583. The molecule has 84 valence electrons. The largest absolute Gasteiger partial charge is 0.383 e. The van der Waals surface area contributed by atoms with E-state index in [0.29, 0.717) is 11.9 Å². The molecule has 1 heterocycles. The first-order chi connectivity index (χ1) is 7.27. The SMILES string of the molecule is CCCNC(CC)Cc1cccnc1N. The number of nitrogens with one attached hydrogen (secondary N) is 1. The van der Waals surface area contributed by atoms with E-state index in [0.717, 1.165) is 24.9 Å². The van der Waals surface area contributed by atoms with Crippen molar-refractivity contribution >= 4 is 5.82 Å². The zero-order chi connectivity index (χ0) is 11.1. The lowest BCUT2D eigenvalue weighted by atomic mass is 10.0. The van der Waals surface area contributed by atoms with Crippen LogP contribution in [-0.4, -0.2) is 17.6 Å². The lowest BCUT2D eigenvalue weighted by molar-refractivity contribution is 0.495. The van der Waals surface area contributed by atoms with Crippen molar-refractivity contribution in [1.29, 1.82) is 0 Å². The Hall–Kier alpha value is -1.09. The molecule has 0 aliphatic carbocycles. The second-order valence-corrected chi connectivity index (χ2v) is 3.81.